The maximum atomic E-state index is 13.9. The molecule has 1 aromatic heterocycles. The van der Waals surface area contributed by atoms with Gasteiger partial charge in [0.1, 0.15) is 36.0 Å². The van der Waals surface area contributed by atoms with Gasteiger partial charge in [0.2, 0.25) is 17.7 Å². The number of aliphatic hydroxyl groups is 1. The van der Waals surface area contributed by atoms with E-state index in [9.17, 15) is 29.5 Å². The number of β-amino-alcohol motifs (C(OH)–C–C–N with tert-alkyl or cyclic N) is 1. The fraction of sp³-hybridized carbons (Fsp3) is 0.449. The average Bonchev–Trinajstić information content (AvgIpc) is 3.96. The van der Waals surface area contributed by atoms with Crippen LogP contribution in [0, 0.1) is 23.7 Å². The number of carbonyl (C=O) groups is 4. The van der Waals surface area contributed by atoms with Crippen LogP contribution in [0.3, 0.4) is 0 Å². The maximum absolute atomic E-state index is 13.9. The summed E-state index contributed by atoms with van der Waals surface area (Å²) in [7, 11) is 0. The molecule has 2 fully saturated rings. The van der Waals surface area contributed by atoms with E-state index in [-0.39, 0.29) is 49.6 Å². The van der Waals surface area contributed by atoms with E-state index in [4.69, 9.17) is 38.0 Å². The summed E-state index contributed by atoms with van der Waals surface area (Å²) in [5.41, 5.74) is 4.58. The summed E-state index contributed by atoms with van der Waals surface area (Å²) < 4.78 is 17.3. The first-order chi connectivity index (χ1) is 31.9. The summed E-state index contributed by atoms with van der Waals surface area (Å²) in [5, 5.41) is 26.1. The third-order valence-corrected chi connectivity index (χ3v) is 13.2. The van der Waals surface area contributed by atoms with Crippen molar-refractivity contribution in [2.75, 3.05) is 49.4 Å². The van der Waals surface area contributed by atoms with Crippen LogP contribution in [0.15, 0.2) is 72.2 Å². The molecule has 356 valence electrons. The monoisotopic (exact) mass is 971 g/mol. The Morgan fingerprint density at radius 2 is 1.67 bits per heavy atom. The molecule has 67 heavy (non-hydrogen) atoms. The Morgan fingerprint density at radius 1 is 1.00 bits per heavy atom. The summed E-state index contributed by atoms with van der Waals surface area (Å²) in [4.78, 5) is 63.9. The zero-order valence-electron chi connectivity index (χ0n) is 38.7. The van der Waals surface area contributed by atoms with Crippen molar-refractivity contribution in [1.82, 2.24) is 20.5 Å². The topological polar surface area (TPSA) is 187 Å². The van der Waals surface area contributed by atoms with Gasteiger partial charge in [-0.15, -0.1) is 11.3 Å². The number of rotatable bonds is 20. The maximum Gasteiger partial charge on any atom is 0.259 e. The zero-order valence-corrected chi connectivity index (χ0v) is 41.1. The van der Waals surface area contributed by atoms with Crippen LogP contribution >= 0.6 is 35.2 Å². The molecule has 0 spiro atoms. The number of amides is 4. The molecular formula is C49H58ClN7O8S2. The van der Waals surface area contributed by atoms with E-state index in [1.54, 1.807) is 48.3 Å². The van der Waals surface area contributed by atoms with E-state index in [1.807, 2.05) is 87.8 Å². The van der Waals surface area contributed by atoms with Gasteiger partial charge in [-0.2, -0.15) is 5.26 Å². The molecule has 18 heteroatoms. The van der Waals surface area contributed by atoms with E-state index < -0.39 is 41.0 Å². The molecule has 2 aliphatic rings. The molecule has 3 N–H and O–H groups in total. The van der Waals surface area contributed by atoms with Gasteiger partial charge in [0.05, 0.1) is 45.1 Å². The van der Waals surface area contributed by atoms with Gasteiger partial charge in [0.25, 0.3) is 5.91 Å². The predicted octanol–water partition coefficient (Wildman–Crippen LogP) is 6.95. The van der Waals surface area contributed by atoms with E-state index in [0.717, 1.165) is 40.2 Å². The third-order valence-electron chi connectivity index (χ3n) is 11.6. The minimum Gasteiger partial charge on any atom is -0.494 e. The van der Waals surface area contributed by atoms with Crippen LogP contribution in [0.4, 0.5) is 11.4 Å². The predicted molar refractivity (Wildman–Crippen MR) is 262 cm³/mol. The number of nitrogens with zero attached hydrogens (tertiary/aromatic N) is 5. The number of ether oxygens (including phenoxy) is 3. The lowest BCUT2D eigenvalue weighted by Gasteiger charge is -2.35. The van der Waals surface area contributed by atoms with Crippen LogP contribution in [0.1, 0.15) is 77.1 Å². The van der Waals surface area contributed by atoms with Gasteiger partial charge in [-0.25, -0.2) is 4.98 Å². The SMILES string of the molecule is Cc1ncsc1-c1ccc(CNC(=O)C2CC(O)CN2C(=O)C(NC(=O)COCCCOCCCCOc2ccc(N3C(=S)N(c4ccc(C#N)c(Cl)c4)C(=O)C3(C)C)cc2)C(C)(C)C)cc1. The molecule has 3 aromatic carbocycles. The lowest BCUT2D eigenvalue weighted by molar-refractivity contribution is -0.144. The number of aromatic nitrogens is 1. The molecule has 15 nitrogen and oxygen atoms in total. The normalized spacial score (nSPS) is 17.4. The third kappa shape index (κ3) is 12.5. The molecule has 6 rings (SSSR count). The van der Waals surface area contributed by atoms with Crippen LogP contribution in [0.2, 0.25) is 5.02 Å². The number of thiazole rings is 1. The summed E-state index contributed by atoms with van der Waals surface area (Å²) in [6, 6.07) is 20.2. The molecule has 2 aliphatic heterocycles. The van der Waals surface area contributed by atoms with E-state index in [0.29, 0.717) is 48.4 Å². The number of unbranched alkanes of at least 4 members (excludes halogenated alkanes) is 1. The van der Waals surface area contributed by atoms with Gasteiger partial charge in [-0.3, -0.25) is 24.1 Å². The summed E-state index contributed by atoms with van der Waals surface area (Å²) in [6.45, 7) is 12.8. The Morgan fingerprint density at radius 3 is 2.33 bits per heavy atom. The molecular weight excluding hydrogens is 914 g/mol. The Kier molecular flexibility index (Phi) is 17.1. The number of nitriles is 1. The lowest BCUT2D eigenvalue weighted by Crippen LogP contribution is -2.58. The van der Waals surface area contributed by atoms with Crippen molar-refractivity contribution in [2.45, 2.75) is 97.5 Å². The number of hydrogen-bond acceptors (Lipinski definition) is 12. The minimum absolute atomic E-state index is 0.0153. The number of carbonyl (C=O) groups excluding carboxylic acids is 4. The molecule has 0 radical (unpaired) electrons. The molecule has 3 unspecified atom stereocenters. The number of likely N-dealkylation sites (tertiary alicyclic amines) is 1. The van der Waals surface area contributed by atoms with Crippen molar-refractivity contribution in [2.24, 2.45) is 5.41 Å². The summed E-state index contributed by atoms with van der Waals surface area (Å²) >= 11 is 13.6. The number of halogens is 1. The van der Waals surface area contributed by atoms with E-state index in [1.165, 1.54) is 9.80 Å². The van der Waals surface area contributed by atoms with Gasteiger partial charge in [0, 0.05) is 45.0 Å². The van der Waals surface area contributed by atoms with Crippen molar-refractivity contribution in [1.29, 1.82) is 5.26 Å². The lowest BCUT2D eigenvalue weighted by atomic mass is 9.85. The van der Waals surface area contributed by atoms with Gasteiger partial charge in [-0.1, -0.05) is 56.6 Å². The largest absolute Gasteiger partial charge is 0.494 e. The van der Waals surface area contributed by atoms with Gasteiger partial charge < -0.3 is 39.8 Å². The van der Waals surface area contributed by atoms with Gasteiger partial charge in [-0.05, 0) is 111 Å². The quantitative estimate of drug-likeness (QED) is 0.0612. The molecule has 4 amide bonds. The van der Waals surface area contributed by atoms with Crippen LogP contribution in [0.25, 0.3) is 10.4 Å². The molecule has 3 heterocycles. The summed E-state index contributed by atoms with van der Waals surface area (Å²) in [6.07, 6.45) is 1.33. The highest BCUT2D eigenvalue weighted by Gasteiger charge is 2.50. The zero-order chi connectivity index (χ0) is 48.5. The second-order valence-electron chi connectivity index (χ2n) is 18.1. The average molecular weight is 973 g/mol. The van der Waals surface area contributed by atoms with Crippen LogP contribution in [-0.4, -0.2) is 107 Å². The molecule has 0 saturated carbocycles. The van der Waals surface area contributed by atoms with Crippen molar-refractivity contribution in [3.8, 4) is 22.3 Å². The number of benzene rings is 3. The van der Waals surface area contributed by atoms with Crippen molar-refractivity contribution in [3.05, 3.63) is 94.1 Å². The van der Waals surface area contributed by atoms with Crippen molar-refractivity contribution < 1.29 is 38.5 Å². The molecule has 2 saturated heterocycles. The number of thiocarbonyl (C=S) groups is 1. The Bertz CT molecular complexity index is 2450. The second kappa shape index (κ2) is 22.5. The number of anilines is 2. The molecule has 0 bridgehead atoms. The minimum atomic E-state index is -0.968. The van der Waals surface area contributed by atoms with Crippen molar-refractivity contribution in [3.63, 3.8) is 0 Å². The Labute approximate surface area is 406 Å². The van der Waals surface area contributed by atoms with Crippen LogP contribution < -0.4 is 25.2 Å². The first-order valence-electron chi connectivity index (χ1n) is 22.2. The first-order valence-corrected chi connectivity index (χ1v) is 23.9. The van der Waals surface area contributed by atoms with E-state index >= 15 is 0 Å². The highest BCUT2D eigenvalue weighted by molar-refractivity contribution is 7.81. The molecule has 3 atom stereocenters. The number of nitrogens with one attached hydrogen (secondary N) is 2. The standard InChI is InChI=1S/C49H58ClN7O8S2/c1-31-42(67-30-53-31)33-12-10-32(11-13-33)27-52-44(60)40-25-37(58)28-55(40)45(61)43(48(2,3)4)54-41(59)29-64-22-9-21-63-20-7-8-23-65-38-18-16-35(17-19-38)57-47(66)56(46(62)49(57,5)6)36-15-14-34(26-51)39(50)24-36/h10-19,24,30,37,40,43,58H,7-9,20-23,25,27-29H2,1-6H3,(H,52,60)(H,54,59). The number of aryl methyl sites for hydroxylation is 1. The summed E-state index contributed by atoms with van der Waals surface area (Å²) in [5.74, 6) is -0.813. The van der Waals surface area contributed by atoms with Crippen molar-refractivity contribution >= 4 is 75.3 Å². The fourth-order valence-electron chi connectivity index (χ4n) is 7.89. The van der Waals surface area contributed by atoms with Gasteiger partial charge in [0.15, 0.2) is 5.11 Å². The fourth-order valence-corrected chi connectivity index (χ4v) is 9.44. The molecule has 4 aromatic rings. The second-order valence-corrected chi connectivity index (χ2v) is 19.7. The van der Waals surface area contributed by atoms with Gasteiger partial charge >= 0.3 is 0 Å². The number of hydrogen-bond donors (Lipinski definition) is 3. The molecule has 0 aliphatic carbocycles. The van der Waals surface area contributed by atoms with Crippen LogP contribution in [-0.2, 0) is 35.2 Å². The highest BCUT2D eigenvalue weighted by Crippen LogP contribution is 2.38. The number of aliphatic hydroxyl groups excluding tert-OH is 1. The van der Waals surface area contributed by atoms with Crippen LogP contribution in [0.5, 0.6) is 5.75 Å². The smallest absolute Gasteiger partial charge is 0.259 e. The Hall–Kier alpha value is -5.48. The van der Waals surface area contributed by atoms with E-state index in [2.05, 4.69) is 15.6 Å². The Balaban J connectivity index is 0.856. The first kappa shape index (κ1) is 50.9. The highest BCUT2D eigenvalue weighted by atomic mass is 35.5.